The maximum absolute atomic E-state index is 9.95. The van der Waals surface area contributed by atoms with E-state index in [9.17, 15) is 4.79 Å². The van der Waals surface area contributed by atoms with Crippen LogP contribution in [0.5, 0.6) is 0 Å². The van der Waals surface area contributed by atoms with Crippen molar-refractivity contribution in [3.8, 4) is 0 Å². The van der Waals surface area contributed by atoms with Crippen molar-refractivity contribution < 1.29 is 9.90 Å². The summed E-state index contributed by atoms with van der Waals surface area (Å²) in [5.41, 5.74) is -1.53. The Hall–Kier alpha value is -0.890. The second kappa shape index (κ2) is 3.20. The lowest BCUT2D eigenvalue weighted by atomic mass is 10.0. The van der Waals surface area contributed by atoms with Crippen molar-refractivity contribution in [1.29, 1.82) is 0 Å². The fourth-order valence-electron chi connectivity index (χ4n) is 0.387. The Kier molecular flexibility index (Phi) is 2.88. The van der Waals surface area contributed by atoms with Crippen molar-refractivity contribution in [3.63, 3.8) is 0 Å². The zero-order valence-electron chi connectivity index (χ0n) is 5.13. The smallest absolute Gasteiger partial charge is 0.237 e. The van der Waals surface area contributed by atoms with Gasteiger partial charge >= 0.3 is 0 Å². The van der Waals surface area contributed by atoms with Crippen molar-refractivity contribution in [2.24, 2.45) is 0 Å². The molecule has 0 aliphatic heterocycles. The quantitative estimate of drug-likeness (QED) is 0.558. The summed E-state index contributed by atoms with van der Waals surface area (Å²) in [6.07, 6.45) is 4.19. The molecule has 0 amide bonds. The van der Waals surface area contributed by atoms with Gasteiger partial charge < -0.3 is 5.11 Å². The topological polar surface area (TPSA) is 37.3 Å². The molecular weight excluding hydrogens is 116 g/mol. The van der Waals surface area contributed by atoms with E-state index in [0.29, 0.717) is 0 Å². The van der Waals surface area contributed by atoms with Crippen LogP contribution in [0.4, 0.5) is 0 Å². The predicted molar refractivity (Wildman–Crippen MR) is 35.7 cm³/mol. The molecule has 2 heteroatoms. The maximum atomic E-state index is 9.95. The van der Waals surface area contributed by atoms with Gasteiger partial charge in [0.15, 0.2) is 5.60 Å². The molecule has 1 unspecified atom stereocenters. The fraction of sp³-hybridized carbons (Fsp3) is 0.286. The zero-order valence-corrected chi connectivity index (χ0v) is 5.13. The van der Waals surface area contributed by atoms with Gasteiger partial charge in [-0.15, -0.1) is 6.58 Å². The lowest BCUT2D eigenvalue weighted by Gasteiger charge is -2.11. The molecular formula is C7H9O2. The van der Waals surface area contributed by atoms with Crippen LogP contribution in [-0.2, 0) is 4.79 Å². The number of rotatable bonds is 4. The van der Waals surface area contributed by atoms with E-state index < -0.39 is 5.60 Å². The molecule has 1 N–H and O–H groups in total. The van der Waals surface area contributed by atoms with Gasteiger partial charge in [-0.05, 0) is 0 Å². The third-order valence-corrected chi connectivity index (χ3v) is 0.970. The van der Waals surface area contributed by atoms with E-state index in [1.54, 1.807) is 0 Å². The highest BCUT2D eigenvalue weighted by molar-refractivity contribution is 5.66. The van der Waals surface area contributed by atoms with Gasteiger partial charge in [-0.1, -0.05) is 18.7 Å². The molecule has 2 nitrogen and oxygen atoms in total. The van der Waals surface area contributed by atoms with Crippen LogP contribution in [0.2, 0.25) is 0 Å². The Morgan fingerprint density at radius 2 is 2.22 bits per heavy atom. The Morgan fingerprint density at radius 1 is 1.67 bits per heavy atom. The van der Waals surface area contributed by atoms with E-state index in [1.807, 2.05) is 0 Å². The highest BCUT2D eigenvalue weighted by Gasteiger charge is 2.20. The third-order valence-electron chi connectivity index (χ3n) is 0.970. The van der Waals surface area contributed by atoms with Gasteiger partial charge in [0.25, 0.3) is 0 Å². The molecule has 0 heterocycles. The summed E-state index contributed by atoms with van der Waals surface area (Å²) in [4.78, 5) is 9.95. The van der Waals surface area contributed by atoms with Gasteiger partial charge in [0, 0.05) is 6.42 Å². The SMILES string of the molecule is C=CCC(O)([C]=O)C=C. The number of hydrogen-bond acceptors (Lipinski definition) is 2. The van der Waals surface area contributed by atoms with Gasteiger partial charge in [0.2, 0.25) is 6.29 Å². The first-order valence-electron chi connectivity index (χ1n) is 2.54. The van der Waals surface area contributed by atoms with Crippen LogP contribution in [0.25, 0.3) is 0 Å². The molecule has 0 fully saturated rings. The molecule has 0 aliphatic carbocycles. The first-order chi connectivity index (χ1) is 4.18. The Balaban J connectivity index is 4.06. The van der Waals surface area contributed by atoms with E-state index in [0.717, 1.165) is 6.08 Å². The second-order valence-electron chi connectivity index (χ2n) is 1.72. The monoisotopic (exact) mass is 125 g/mol. The van der Waals surface area contributed by atoms with Crippen molar-refractivity contribution in [2.75, 3.05) is 0 Å². The zero-order chi connectivity index (χ0) is 7.33. The van der Waals surface area contributed by atoms with Crippen LogP contribution in [0.1, 0.15) is 6.42 Å². The van der Waals surface area contributed by atoms with Gasteiger partial charge in [-0.25, -0.2) is 0 Å². The standard InChI is InChI=1S/C7H9O2/c1-3-5-7(9,4-2)6-8/h3-4,9H,1-2,5H2. The summed E-state index contributed by atoms with van der Waals surface area (Å²) in [5.74, 6) is 0. The van der Waals surface area contributed by atoms with E-state index in [1.165, 1.54) is 12.4 Å². The minimum atomic E-state index is -1.53. The summed E-state index contributed by atoms with van der Waals surface area (Å²) < 4.78 is 0. The lowest BCUT2D eigenvalue weighted by Crippen LogP contribution is -2.25. The molecule has 0 aromatic heterocycles. The molecule has 1 atom stereocenters. The molecule has 0 spiro atoms. The van der Waals surface area contributed by atoms with E-state index in [2.05, 4.69) is 13.2 Å². The number of carbonyl (C=O) groups excluding carboxylic acids is 1. The molecule has 9 heavy (non-hydrogen) atoms. The first kappa shape index (κ1) is 8.11. The molecule has 0 aliphatic rings. The molecule has 1 radical (unpaired) electrons. The highest BCUT2D eigenvalue weighted by Crippen LogP contribution is 2.07. The Bertz CT molecular complexity index is 119. The van der Waals surface area contributed by atoms with E-state index in [4.69, 9.17) is 5.11 Å². The predicted octanol–water partition coefficient (Wildman–Crippen LogP) is 0.589. The minimum Gasteiger partial charge on any atom is -0.377 e. The van der Waals surface area contributed by atoms with Crippen LogP contribution in [0.15, 0.2) is 25.3 Å². The van der Waals surface area contributed by atoms with Crippen molar-refractivity contribution in [2.45, 2.75) is 12.0 Å². The van der Waals surface area contributed by atoms with Gasteiger partial charge in [0.1, 0.15) is 0 Å². The first-order valence-corrected chi connectivity index (χ1v) is 2.54. The van der Waals surface area contributed by atoms with Crippen LogP contribution >= 0.6 is 0 Å². The summed E-state index contributed by atoms with van der Waals surface area (Å²) >= 11 is 0. The van der Waals surface area contributed by atoms with E-state index >= 15 is 0 Å². The molecule has 0 saturated heterocycles. The van der Waals surface area contributed by atoms with Crippen LogP contribution in [-0.4, -0.2) is 17.0 Å². The molecule has 0 aromatic rings. The van der Waals surface area contributed by atoms with Crippen LogP contribution in [0, 0.1) is 0 Å². The maximum Gasteiger partial charge on any atom is 0.237 e. The van der Waals surface area contributed by atoms with Gasteiger partial charge in [-0.2, -0.15) is 0 Å². The fourth-order valence-corrected chi connectivity index (χ4v) is 0.387. The average Bonchev–Trinajstić information content (AvgIpc) is 1.89. The molecule has 0 saturated carbocycles. The van der Waals surface area contributed by atoms with Crippen molar-refractivity contribution >= 4 is 6.29 Å². The number of aliphatic hydroxyl groups is 1. The van der Waals surface area contributed by atoms with Crippen LogP contribution < -0.4 is 0 Å². The summed E-state index contributed by atoms with van der Waals surface area (Å²) in [5, 5.41) is 9.02. The van der Waals surface area contributed by atoms with Crippen molar-refractivity contribution in [3.05, 3.63) is 25.3 Å². The lowest BCUT2D eigenvalue weighted by molar-refractivity contribution is 0.162. The van der Waals surface area contributed by atoms with Gasteiger partial charge in [0.05, 0.1) is 0 Å². The second-order valence-corrected chi connectivity index (χ2v) is 1.72. The third kappa shape index (κ3) is 2.24. The largest absolute Gasteiger partial charge is 0.377 e. The Morgan fingerprint density at radius 3 is 2.33 bits per heavy atom. The van der Waals surface area contributed by atoms with E-state index in [-0.39, 0.29) is 6.42 Å². The molecule has 0 aromatic carbocycles. The summed E-state index contributed by atoms with van der Waals surface area (Å²) in [6.45, 7) is 6.62. The molecule has 0 bridgehead atoms. The molecule has 0 rings (SSSR count). The Labute approximate surface area is 54.5 Å². The summed E-state index contributed by atoms with van der Waals surface area (Å²) in [6, 6.07) is 0. The van der Waals surface area contributed by atoms with Gasteiger partial charge in [-0.3, -0.25) is 4.79 Å². The highest BCUT2D eigenvalue weighted by atomic mass is 16.3. The van der Waals surface area contributed by atoms with Crippen LogP contribution in [0.3, 0.4) is 0 Å². The van der Waals surface area contributed by atoms with Crippen molar-refractivity contribution in [1.82, 2.24) is 0 Å². The normalized spacial score (nSPS) is 15.7. The number of hydrogen-bond donors (Lipinski definition) is 1. The molecule has 49 valence electrons. The summed E-state index contributed by atoms with van der Waals surface area (Å²) in [7, 11) is 0. The minimum absolute atomic E-state index is 0.167. The average molecular weight is 125 g/mol.